The number of hydrogen-bond acceptors (Lipinski definition) is 4. The first kappa shape index (κ1) is 19.3. The Bertz CT molecular complexity index is 949. The maximum atomic E-state index is 12.2. The summed E-state index contributed by atoms with van der Waals surface area (Å²) in [6, 6.07) is 12.9. The fourth-order valence-corrected chi connectivity index (χ4v) is 2.30. The highest BCUT2D eigenvalue weighted by atomic mass is 19.4. The van der Waals surface area contributed by atoms with Crippen molar-refractivity contribution in [2.24, 2.45) is 10.7 Å². The monoisotopic (exact) mass is 390 g/mol. The van der Waals surface area contributed by atoms with E-state index in [1.165, 1.54) is 30.5 Å². The van der Waals surface area contributed by atoms with E-state index in [9.17, 15) is 13.2 Å². The average molecular weight is 390 g/mol. The summed E-state index contributed by atoms with van der Waals surface area (Å²) in [5, 5.41) is 2.78. The molecular weight excluding hydrogens is 373 g/mol. The van der Waals surface area contributed by atoms with Gasteiger partial charge in [0.05, 0.1) is 6.54 Å². The summed E-state index contributed by atoms with van der Waals surface area (Å²) >= 11 is 0. The number of halogens is 3. The normalized spacial score (nSPS) is 12.1. The first-order valence-electron chi connectivity index (χ1n) is 8.23. The van der Waals surface area contributed by atoms with Gasteiger partial charge >= 0.3 is 6.36 Å². The molecule has 0 aliphatic carbocycles. The molecule has 0 amide bonds. The number of benzene rings is 2. The second-order valence-corrected chi connectivity index (χ2v) is 5.91. The van der Waals surface area contributed by atoms with Gasteiger partial charge in [-0.3, -0.25) is 0 Å². The molecule has 2 aromatic carbocycles. The molecule has 0 saturated carbocycles. The summed E-state index contributed by atoms with van der Waals surface area (Å²) in [6.45, 7) is 2.18. The Labute approximate surface area is 158 Å². The topological polar surface area (TPSA) is 85.7 Å². The molecule has 0 saturated heterocycles. The summed E-state index contributed by atoms with van der Waals surface area (Å²) in [7, 11) is 0. The van der Waals surface area contributed by atoms with Crippen LogP contribution in [-0.4, -0.2) is 17.3 Å². The molecule has 3 rings (SSSR count). The van der Waals surface area contributed by atoms with E-state index in [1.807, 2.05) is 31.2 Å². The van der Waals surface area contributed by atoms with Crippen LogP contribution in [0.2, 0.25) is 0 Å². The highest BCUT2D eigenvalue weighted by molar-refractivity contribution is 5.92. The maximum absolute atomic E-state index is 12.2. The number of anilines is 1. The molecule has 28 heavy (non-hydrogen) atoms. The molecule has 0 spiro atoms. The lowest BCUT2D eigenvalue weighted by atomic mass is 10.1. The number of aromatic nitrogens is 1. The summed E-state index contributed by atoms with van der Waals surface area (Å²) in [4.78, 5) is 8.50. The van der Waals surface area contributed by atoms with E-state index in [-0.39, 0.29) is 18.3 Å². The maximum Gasteiger partial charge on any atom is 0.573 e. The van der Waals surface area contributed by atoms with Gasteiger partial charge in [0.25, 0.3) is 0 Å². The highest BCUT2D eigenvalue weighted by Crippen LogP contribution is 2.24. The molecule has 6 nitrogen and oxygen atoms in total. The summed E-state index contributed by atoms with van der Waals surface area (Å²) in [6.07, 6.45) is -3.24. The van der Waals surface area contributed by atoms with Gasteiger partial charge in [0.2, 0.25) is 5.89 Å². The molecule has 0 atom stereocenters. The van der Waals surface area contributed by atoms with Crippen molar-refractivity contribution in [2.45, 2.75) is 19.8 Å². The minimum absolute atomic E-state index is 0.0874. The lowest BCUT2D eigenvalue weighted by Gasteiger charge is -2.10. The van der Waals surface area contributed by atoms with Gasteiger partial charge in [0.15, 0.2) is 5.96 Å². The van der Waals surface area contributed by atoms with E-state index in [0.717, 1.165) is 11.1 Å². The van der Waals surface area contributed by atoms with E-state index in [1.54, 1.807) is 0 Å². The Balaban J connectivity index is 1.58. The predicted octanol–water partition coefficient (Wildman–Crippen LogP) is 4.48. The standard InChI is InChI=1S/C19H17F3N4O2/c1-12-2-4-13(5-3-12)17-25-15(11-27-17)10-24-18(23)26-14-6-8-16(9-7-14)28-19(20,21)22/h2-9,11H,10H2,1H3,(H3,23,24,26). The Hall–Kier alpha value is -3.49. The minimum atomic E-state index is -4.73. The molecule has 146 valence electrons. The third-order valence-corrected chi connectivity index (χ3v) is 3.62. The van der Waals surface area contributed by atoms with Crippen LogP contribution in [0.4, 0.5) is 18.9 Å². The SMILES string of the molecule is Cc1ccc(-c2nc(CN=C(N)Nc3ccc(OC(F)(F)F)cc3)co2)cc1. The zero-order valence-electron chi connectivity index (χ0n) is 14.8. The molecule has 0 aliphatic heterocycles. The van der Waals surface area contributed by atoms with Crippen molar-refractivity contribution in [3.05, 3.63) is 66.1 Å². The lowest BCUT2D eigenvalue weighted by Crippen LogP contribution is -2.22. The third kappa shape index (κ3) is 5.50. The molecule has 3 N–H and O–H groups in total. The third-order valence-electron chi connectivity index (χ3n) is 3.62. The van der Waals surface area contributed by atoms with E-state index < -0.39 is 6.36 Å². The van der Waals surface area contributed by atoms with Crippen LogP contribution in [0.25, 0.3) is 11.5 Å². The molecular formula is C19H17F3N4O2. The van der Waals surface area contributed by atoms with Crippen LogP contribution in [0.3, 0.4) is 0 Å². The minimum Gasteiger partial charge on any atom is -0.444 e. The number of guanidine groups is 1. The molecule has 1 aromatic heterocycles. The van der Waals surface area contributed by atoms with E-state index in [4.69, 9.17) is 10.2 Å². The van der Waals surface area contributed by atoms with Crippen LogP contribution in [0.15, 0.2) is 64.2 Å². The van der Waals surface area contributed by atoms with Crippen molar-refractivity contribution in [3.63, 3.8) is 0 Å². The van der Waals surface area contributed by atoms with Crippen molar-refractivity contribution in [3.8, 4) is 17.2 Å². The Morgan fingerprint density at radius 2 is 1.82 bits per heavy atom. The number of nitrogens with two attached hydrogens (primary N) is 1. The van der Waals surface area contributed by atoms with Crippen molar-refractivity contribution in [2.75, 3.05) is 5.32 Å². The second-order valence-electron chi connectivity index (χ2n) is 5.91. The van der Waals surface area contributed by atoms with Gasteiger partial charge in [0.1, 0.15) is 17.7 Å². The van der Waals surface area contributed by atoms with Crippen LogP contribution in [-0.2, 0) is 6.54 Å². The van der Waals surface area contributed by atoms with Crippen molar-refractivity contribution in [1.29, 1.82) is 0 Å². The number of alkyl halides is 3. The lowest BCUT2D eigenvalue weighted by molar-refractivity contribution is -0.274. The number of hydrogen-bond donors (Lipinski definition) is 2. The molecule has 3 aromatic rings. The predicted molar refractivity (Wildman–Crippen MR) is 98.8 cm³/mol. The zero-order chi connectivity index (χ0) is 20.1. The smallest absolute Gasteiger partial charge is 0.444 e. The van der Waals surface area contributed by atoms with Crippen LogP contribution in [0.1, 0.15) is 11.3 Å². The van der Waals surface area contributed by atoms with Gasteiger partial charge in [-0.2, -0.15) is 0 Å². The molecule has 9 heteroatoms. The Kier molecular flexibility index (Phi) is 5.53. The molecule has 0 bridgehead atoms. The van der Waals surface area contributed by atoms with Crippen LogP contribution < -0.4 is 15.8 Å². The average Bonchev–Trinajstić information content (AvgIpc) is 3.10. The zero-order valence-corrected chi connectivity index (χ0v) is 14.8. The van der Waals surface area contributed by atoms with Gasteiger partial charge in [0, 0.05) is 11.3 Å². The fraction of sp³-hybridized carbons (Fsp3) is 0.158. The summed E-state index contributed by atoms with van der Waals surface area (Å²) in [5.74, 6) is 0.251. The van der Waals surface area contributed by atoms with Gasteiger partial charge in [-0.25, -0.2) is 9.98 Å². The van der Waals surface area contributed by atoms with Crippen molar-refractivity contribution in [1.82, 2.24) is 4.98 Å². The van der Waals surface area contributed by atoms with Crippen LogP contribution >= 0.6 is 0 Å². The number of nitrogens with zero attached hydrogens (tertiary/aromatic N) is 2. The molecule has 1 heterocycles. The summed E-state index contributed by atoms with van der Waals surface area (Å²) < 4.78 is 45.7. The van der Waals surface area contributed by atoms with Gasteiger partial charge in [-0.15, -0.1) is 13.2 Å². The van der Waals surface area contributed by atoms with Gasteiger partial charge in [-0.1, -0.05) is 17.7 Å². The first-order valence-corrected chi connectivity index (χ1v) is 8.23. The number of oxazole rings is 1. The second kappa shape index (κ2) is 8.03. The molecule has 0 radical (unpaired) electrons. The van der Waals surface area contributed by atoms with Crippen LogP contribution in [0, 0.1) is 6.92 Å². The first-order chi connectivity index (χ1) is 13.3. The van der Waals surface area contributed by atoms with Gasteiger partial charge in [-0.05, 0) is 43.3 Å². The number of ether oxygens (including phenoxy) is 1. The van der Waals surface area contributed by atoms with E-state index >= 15 is 0 Å². The quantitative estimate of drug-likeness (QED) is 0.496. The van der Waals surface area contributed by atoms with Crippen LogP contribution in [0.5, 0.6) is 5.75 Å². The summed E-state index contributed by atoms with van der Waals surface area (Å²) in [5.41, 5.74) is 8.85. The largest absolute Gasteiger partial charge is 0.573 e. The molecule has 0 unspecified atom stereocenters. The van der Waals surface area contributed by atoms with Crippen molar-refractivity contribution >= 4 is 11.6 Å². The Morgan fingerprint density at radius 3 is 2.46 bits per heavy atom. The number of aliphatic imine (C=N–C) groups is 1. The van der Waals surface area contributed by atoms with E-state index in [2.05, 4.69) is 20.0 Å². The highest BCUT2D eigenvalue weighted by Gasteiger charge is 2.30. The number of rotatable bonds is 5. The van der Waals surface area contributed by atoms with Gasteiger partial charge < -0.3 is 20.2 Å². The van der Waals surface area contributed by atoms with Crippen molar-refractivity contribution < 1.29 is 22.3 Å². The molecule has 0 fully saturated rings. The molecule has 0 aliphatic rings. The fourth-order valence-electron chi connectivity index (χ4n) is 2.30. The Morgan fingerprint density at radius 1 is 1.14 bits per heavy atom. The number of aryl methyl sites for hydroxylation is 1. The van der Waals surface area contributed by atoms with E-state index in [0.29, 0.717) is 17.3 Å². The number of nitrogens with one attached hydrogen (secondary N) is 1.